The number of rotatable bonds is 3. The molecule has 106 valence electrons. The maximum atomic E-state index is 13.5. The quantitative estimate of drug-likeness (QED) is 0.550. The summed E-state index contributed by atoms with van der Waals surface area (Å²) in [6, 6.07) is 17.3. The van der Waals surface area contributed by atoms with Crippen LogP contribution in [-0.2, 0) is 6.54 Å². The van der Waals surface area contributed by atoms with Crippen LogP contribution in [0.3, 0.4) is 0 Å². The standard InChI is InChI=1S/C17H12Br2FN/c18-14-8-9-16(13-6-2-1-5-12(13)14)21-10-11-4-3-7-15(20)17(11)19/h1-9,21H,10H2. The maximum absolute atomic E-state index is 13.5. The van der Waals surface area contributed by atoms with E-state index in [2.05, 4.69) is 49.3 Å². The highest BCUT2D eigenvalue weighted by Gasteiger charge is 2.07. The fourth-order valence-electron chi connectivity index (χ4n) is 2.29. The summed E-state index contributed by atoms with van der Waals surface area (Å²) < 4.78 is 15.1. The fraction of sp³-hybridized carbons (Fsp3) is 0.0588. The Morgan fingerprint density at radius 2 is 1.62 bits per heavy atom. The van der Waals surface area contributed by atoms with Gasteiger partial charge in [0.2, 0.25) is 0 Å². The zero-order chi connectivity index (χ0) is 14.8. The Balaban J connectivity index is 1.92. The van der Waals surface area contributed by atoms with Crippen LogP contribution in [0.5, 0.6) is 0 Å². The second-order valence-electron chi connectivity index (χ2n) is 4.71. The van der Waals surface area contributed by atoms with Gasteiger partial charge >= 0.3 is 0 Å². The summed E-state index contributed by atoms with van der Waals surface area (Å²) >= 11 is 6.86. The average molecular weight is 409 g/mol. The lowest BCUT2D eigenvalue weighted by atomic mass is 10.1. The lowest BCUT2D eigenvalue weighted by molar-refractivity contribution is 0.618. The Hall–Kier alpha value is -1.39. The van der Waals surface area contributed by atoms with E-state index in [1.807, 2.05) is 30.3 Å². The molecule has 4 heteroatoms. The van der Waals surface area contributed by atoms with Crippen LogP contribution in [0.1, 0.15) is 5.56 Å². The molecular formula is C17H12Br2FN. The minimum atomic E-state index is -0.241. The number of halogens is 3. The summed E-state index contributed by atoms with van der Waals surface area (Å²) in [5.74, 6) is -0.241. The van der Waals surface area contributed by atoms with E-state index < -0.39 is 0 Å². The van der Waals surface area contributed by atoms with Crippen molar-refractivity contribution in [3.63, 3.8) is 0 Å². The van der Waals surface area contributed by atoms with Gasteiger partial charge in [0.05, 0.1) is 4.47 Å². The zero-order valence-electron chi connectivity index (χ0n) is 11.0. The summed E-state index contributed by atoms with van der Waals surface area (Å²) in [4.78, 5) is 0. The van der Waals surface area contributed by atoms with Gasteiger partial charge in [0, 0.05) is 22.1 Å². The number of benzene rings is 3. The predicted octanol–water partition coefficient (Wildman–Crippen LogP) is 6.12. The number of anilines is 1. The predicted molar refractivity (Wildman–Crippen MR) is 93.1 cm³/mol. The first-order valence-corrected chi connectivity index (χ1v) is 8.09. The molecule has 0 unspecified atom stereocenters. The van der Waals surface area contributed by atoms with Crippen molar-refractivity contribution >= 4 is 48.3 Å². The van der Waals surface area contributed by atoms with Gasteiger partial charge < -0.3 is 5.32 Å². The van der Waals surface area contributed by atoms with E-state index in [1.165, 1.54) is 6.07 Å². The second kappa shape index (κ2) is 6.16. The van der Waals surface area contributed by atoms with Gasteiger partial charge in [-0.25, -0.2) is 4.39 Å². The fourth-order valence-corrected chi connectivity index (χ4v) is 3.17. The second-order valence-corrected chi connectivity index (χ2v) is 6.35. The molecule has 3 aromatic carbocycles. The van der Waals surface area contributed by atoms with Gasteiger partial charge in [-0.1, -0.05) is 52.3 Å². The number of hydrogen-bond donors (Lipinski definition) is 1. The highest BCUT2D eigenvalue weighted by molar-refractivity contribution is 9.11. The highest BCUT2D eigenvalue weighted by Crippen LogP contribution is 2.30. The van der Waals surface area contributed by atoms with Crippen LogP contribution < -0.4 is 5.32 Å². The smallest absolute Gasteiger partial charge is 0.137 e. The van der Waals surface area contributed by atoms with Crippen molar-refractivity contribution in [1.82, 2.24) is 0 Å². The third-order valence-electron chi connectivity index (χ3n) is 3.37. The van der Waals surface area contributed by atoms with Crippen LogP contribution >= 0.6 is 31.9 Å². The molecule has 0 radical (unpaired) electrons. The van der Waals surface area contributed by atoms with Crippen LogP contribution in [0.15, 0.2) is 63.5 Å². The molecule has 0 aliphatic carbocycles. The molecule has 0 heterocycles. The van der Waals surface area contributed by atoms with E-state index in [9.17, 15) is 4.39 Å². The zero-order valence-corrected chi connectivity index (χ0v) is 14.2. The van der Waals surface area contributed by atoms with Crippen molar-refractivity contribution in [1.29, 1.82) is 0 Å². The third-order valence-corrected chi connectivity index (χ3v) is 4.95. The Kier molecular flexibility index (Phi) is 4.27. The molecule has 0 fully saturated rings. The summed E-state index contributed by atoms with van der Waals surface area (Å²) in [5.41, 5.74) is 1.92. The first-order chi connectivity index (χ1) is 10.2. The van der Waals surface area contributed by atoms with Crippen LogP contribution in [0.2, 0.25) is 0 Å². The van der Waals surface area contributed by atoms with Crippen molar-refractivity contribution in [2.75, 3.05) is 5.32 Å². The van der Waals surface area contributed by atoms with E-state index in [0.29, 0.717) is 11.0 Å². The molecular weight excluding hydrogens is 397 g/mol. The minimum absolute atomic E-state index is 0.241. The van der Waals surface area contributed by atoms with E-state index in [4.69, 9.17) is 0 Å². The van der Waals surface area contributed by atoms with Crippen LogP contribution in [0, 0.1) is 5.82 Å². The van der Waals surface area contributed by atoms with Gasteiger partial charge in [-0.3, -0.25) is 0 Å². The van der Waals surface area contributed by atoms with E-state index in [-0.39, 0.29) is 5.82 Å². The van der Waals surface area contributed by atoms with E-state index >= 15 is 0 Å². The van der Waals surface area contributed by atoms with Crippen molar-refractivity contribution in [3.8, 4) is 0 Å². The average Bonchev–Trinajstić information content (AvgIpc) is 2.51. The SMILES string of the molecule is Fc1cccc(CNc2ccc(Br)c3ccccc23)c1Br. The summed E-state index contributed by atoms with van der Waals surface area (Å²) in [6.07, 6.45) is 0. The molecule has 1 nitrogen and oxygen atoms in total. The van der Waals surface area contributed by atoms with Crippen molar-refractivity contribution in [2.24, 2.45) is 0 Å². The van der Waals surface area contributed by atoms with E-state index in [0.717, 1.165) is 26.5 Å². The normalized spacial score (nSPS) is 10.8. The van der Waals surface area contributed by atoms with Gasteiger partial charge in [-0.15, -0.1) is 0 Å². The number of nitrogens with one attached hydrogen (secondary N) is 1. The van der Waals surface area contributed by atoms with Crippen LogP contribution in [0.25, 0.3) is 10.8 Å². The molecule has 3 rings (SSSR count). The van der Waals surface area contributed by atoms with Crippen molar-refractivity contribution in [2.45, 2.75) is 6.54 Å². The van der Waals surface area contributed by atoms with Gasteiger partial charge in [-0.2, -0.15) is 0 Å². The highest BCUT2D eigenvalue weighted by atomic mass is 79.9. The molecule has 0 atom stereocenters. The maximum Gasteiger partial charge on any atom is 0.137 e. The van der Waals surface area contributed by atoms with Gasteiger partial charge in [0.15, 0.2) is 0 Å². The molecule has 0 aliphatic rings. The molecule has 0 amide bonds. The largest absolute Gasteiger partial charge is 0.380 e. The number of hydrogen-bond acceptors (Lipinski definition) is 1. The molecule has 1 N–H and O–H groups in total. The first kappa shape index (κ1) is 14.5. The molecule has 3 aromatic rings. The first-order valence-electron chi connectivity index (χ1n) is 6.51. The molecule has 0 saturated heterocycles. The molecule has 0 aliphatic heterocycles. The molecule has 0 saturated carbocycles. The van der Waals surface area contributed by atoms with Gasteiger partial charge in [-0.05, 0) is 45.1 Å². The molecule has 0 spiro atoms. The Morgan fingerprint density at radius 3 is 2.43 bits per heavy atom. The lowest BCUT2D eigenvalue weighted by Gasteiger charge is -2.12. The Labute approximate surface area is 139 Å². The minimum Gasteiger partial charge on any atom is -0.380 e. The summed E-state index contributed by atoms with van der Waals surface area (Å²) in [6.45, 7) is 0.559. The van der Waals surface area contributed by atoms with Crippen molar-refractivity contribution < 1.29 is 4.39 Å². The van der Waals surface area contributed by atoms with Crippen LogP contribution in [-0.4, -0.2) is 0 Å². The molecule has 0 bridgehead atoms. The topological polar surface area (TPSA) is 12.0 Å². The van der Waals surface area contributed by atoms with Crippen molar-refractivity contribution in [3.05, 3.63) is 74.9 Å². The lowest BCUT2D eigenvalue weighted by Crippen LogP contribution is -2.01. The summed E-state index contributed by atoms with van der Waals surface area (Å²) in [7, 11) is 0. The third kappa shape index (κ3) is 2.97. The van der Waals surface area contributed by atoms with Gasteiger partial charge in [0.1, 0.15) is 5.82 Å². The monoisotopic (exact) mass is 407 g/mol. The number of fused-ring (bicyclic) bond motifs is 1. The van der Waals surface area contributed by atoms with E-state index in [1.54, 1.807) is 6.07 Å². The Morgan fingerprint density at radius 1 is 0.857 bits per heavy atom. The van der Waals surface area contributed by atoms with Gasteiger partial charge in [0.25, 0.3) is 0 Å². The summed E-state index contributed by atoms with van der Waals surface area (Å²) in [5, 5.41) is 5.67. The Bertz CT molecular complexity index is 802. The molecule has 0 aromatic heterocycles. The van der Waals surface area contributed by atoms with Crippen LogP contribution in [0.4, 0.5) is 10.1 Å². The molecule has 21 heavy (non-hydrogen) atoms.